The van der Waals surface area contributed by atoms with Gasteiger partial charge in [-0.15, -0.1) is 0 Å². The summed E-state index contributed by atoms with van der Waals surface area (Å²) in [6, 6.07) is 12.7. The normalized spacial score (nSPS) is 28.6. The van der Waals surface area contributed by atoms with E-state index in [2.05, 4.69) is 0 Å². The van der Waals surface area contributed by atoms with Gasteiger partial charge in [0.15, 0.2) is 17.4 Å². The third kappa shape index (κ3) is 2.32. The smallest absolute Gasteiger partial charge is 0.257 e. The van der Waals surface area contributed by atoms with Crippen LogP contribution >= 0.6 is 0 Å². The summed E-state index contributed by atoms with van der Waals surface area (Å²) < 4.78 is 34.1. The number of amides is 2. The van der Waals surface area contributed by atoms with Crippen LogP contribution in [-0.2, 0) is 9.53 Å². The Balaban J connectivity index is 1.46. The van der Waals surface area contributed by atoms with Gasteiger partial charge in [-0.2, -0.15) is 0 Å². The fourth-order valence-corrected chi connectivity index (χ4v) is 4.73. The van der Waals surface area contributed by atoms with Gasteiger partial charge in [0.1, 0.15) is 6.10 Å². The molecule has 3 heterocycles. The minimum absolute atomic E-state index is 0.0827. The molecule has 0 aliphatic carbocycles. The third-order valence-electron chi connectivity index (χ3n) is 6.04. The maximum atomic E-state index is 14.1. The SMILES string of the molecule is O=C(c1cccc(F)c1F)N1CC[C@@]23O[C@@H](c4ccccc4)CN2C(=O)C[C@@H]13. The second-order valence-corrected chi connectivity index (χ2v) is 7.44. The summed E-state index contributed by atoms with van der Waals surface area (Å²) in [5.74, 6) is -2.92. The van der Waals surface area contributed by atoms with Crippen LogP contribution < -0.4 is 0 Å². The number of hydrogen-bond acceptors (Lipinski definition) is 3. The molecule has 3 fully saturated rings. The predicted molar refractivity (Wildman–Crippen MR) is 95.1 cm³/mol. The number of rotatable bonds is 2. The van der Waals surface area contributed by atoms with Gasteiger partial charge < -0.3 is 14.5 Å². The van der Waals surface area contributed by atoms with E-state index in [1.807, 2.05) is 30.3 Å². The zero-order valence-corrected chi connectivity index (χ0v) is 15.0. The highest BCUT2D eigenvalue weighted by molar-refractivity contribution is 5.96. The maximum Gasteiger partial charge on any atom is 0.257 e. The molecule has 28 heavy (non-hydrogen) atoms. The van der Waals surface area contributed by atoms with Crippen LogP contribution in [0.3, 0.4) is 0 Å². The fraction of sp³-hybridized carbons (Fsp3) is 0.333. The van der Waals surface area contributed by atoms with Crippen LogP contribution in [0.5, 0.6) is 0 Å². The molecular formula is C21H18F2N2O3. The van der Waals surface area contributed by atoms with E-state index in [0.29, 0.717) is 19.5 Å². The Hall–Kier alpha value is -2.80. The lowest BCUT2D eigenvalue weighted by atomic mass is 10.1. The van der Waals surface area contributed by atoms with Crippen molar-refractivity contribution in [1.29, 1.82) is 0 Å². The molecule has 0 aromatic heterocycles. The highest BCUT2D eigenvalue weighted by Crippen LogP contribution is 2.50. The minimum Gasteiger partial charge on any atom is -0.343 e. The molecule has 3 saturated heterocycles. The van der Waals surface area contributed by atoms with Gasteiger partial charge in [-0.25, -0.2) is 8.78 Å². The highest BCUT2D eigenvalue weighted by atomic mass is 19.2. The first-order chi connectivity index (χ1) is 13.5. The standard InChI is InChI=1S/C21H18F2N2O3/c22-15-8-4-7-14(19(15)23)20(27)24-10-9-21-17(24)11-18(26)25(21)12-16(28-21)13-5-2-1-3-6-13/h1-8,16-17H,9-12H2/t16-,17-,21+/m1/s1. The zero-order chi connectivity index (χ0) is 19.5. The molecule has 144 valence electrons. The molecule has 5 rings (SSSR count). The lowest BCUT2D eigenvalue weighted by molar-refractivity contribution is -0.138. The molecule has 1 spiro atoms. The van der Waals surface area contributed by atoms with Gasteiger partial charge in [-0.3, -0.25) is 9.59 Å². The largest absolute Gasteiger partial charge is 0.343 e. The number of halogens is 2. The van der Waals surface area contributed by atoms with E-state index in [0.717, 1.165) is 11.6 Å². The first-order valence-electron chi connectivity index (χ1n) is 9.29. The average molecular weight is 384 g/mol. The number of carbonyl (C=O) groups excluding carboxylic acids is 2. The summed E-state index contributed by atoms with van der Waals surface area (Å²) in [6.45, 7) is 0.750. The fourth-order valence-electron chi connectivity index (χ4n) is 4.73. The van der Waals surface area contributed by atoms with Crippen molar-refractivity contribution in [3.8, 4) is 0 Å². The van der Waals surface area contributed by atoms with Gasteiger partial charge in [0.2, 0.25) is 5.91 Å². The van der Waals surface area contributed by atoms with Crippen molar-refractivity contribution in [2.75, 3.05) is 13.1 Å². The van der Waals surface area contributed by atoms with Crippen LogP contribution in [0.15, 0.2) is 48.5 Å². The second-order valence-electron chi connectivity index (χ2n) is 7.44. The molecular weight excluding hydrogens is 366 g/mol. The number of benzene rings is 2. The Labute approximate surface area is 160 Å². The summed E-state index contributed by atoms with van der Waals surface area (Å²) in [7, 11) is 0. The lowest BCUT2D eigenvalue weighted by Gasteiger charge is -2.32. The molecule has 7 heteroatoms. The molecule has 3 atom stereocenters. The molecule has 0 bridgehead atoms. The second kappa shape index (κ2) is 6.10. The van der Waals surface area contributed by atoms with Crippen LogP contribution in [0.2, 0.25) is 0 Å². The van der Waals surface area contributed by atoms with Crippen LogP contribution in [0.4, 0.5) is 8.78 Å². The van der Waals surface area contributed by atoms with E-state index in [1.54, 1.807) is 4.90 Å². The monoisotopic (exact) mass is 384 g/mol. The number of likely N-dealkylation sites (tertiary alicyclic amines) is 1. The van der Waals surface area contributed by atoms with E-state index >= 15 is 0 Å². The first kappa shape index (κ1) is 17.3. The van der Waals surface area contributed by atoms with Gasteiger partial charge in [0.25, 0.3) is 5.91 Å². The van der Waals surface area contributed by atoms with E-state index < -0.39 is 29.3 Å². The average Bonchev–Trinajstić information content (AvgIpc) is 3.33. The first-order valence-corrected chi connectivity index (χ1v) is 9.29. The summed E-state index contributed by atoms with van der Waals surface area (Å²) in [5, 5.41) is 0. The van der Waals surface area contributed by atoms with Crippen LogP contribution in [0.1, 0.15) is 34.9 Å². The molecule has 0 N–H and O–H groups in total. The Bertz CT molecular complexity index is 967. The van der Waals surface area contributed by atoms with Crippen LogP contribution in [-0.4, -0.2) is 46.5 Å². The highest BCUT2D eigenvalue weighted by Gasteiger charge is 2.65. The summed E-state index contributed by atoms with van der Waals surface area (Å²) in [6.07, 6.45) is 0.313. The predicted octanol–water partition coefficient (Wildman–Crippen LogP) is 2.88. The van der Waals surface area contributed by atoms with Gasteiger partial charge in [0.05, 0.1) is 24.6 Å². The topological polar surface area (TPSA) is 49.9 Å². The Morgan fingerprint density at radius 2 is 1.89 bits per heavy atom. The quantitative estimate of drug-likeness (QED) is 0.800. The van der Waals surface area contributed by atoms with Crippen molar-refractivity contribution >= 4 is 11.8 Å². The van der Waals surface area contributed by atoms with E-state index in [9.17, 15) is 18.4 Å². The molecule has 2 amide bonds. The van der Waals surface area contributed by atoms with Crippen LogP contribution in [0, 0.1) is 11.6 Å². The van der Waals surface area contributed by atoms with Crippen molar-refractivity contribution in [2.24, 2.45) is 0 Å². The van der Waals surface area contributed by atoms with E-state index in [1.165, 1.54) is 17.0 Å². The van der Waals surface area contributed by atoms with Crippen molar-refractivity contribution in [2.45, 2.75) is 30.7 Å². The molecule has 3 aliphatic heterocycles. The summed E-state index contributed by atoms with van der Waals surface area (Å²) in [5.41, 5.74) is -0.240. The van der Waals surface area contributed by atoms with Gasteiger partial charge in [-0.1, -0.05) is 36.4 Å². The number of carbonyl (C=O) groups is 2. The minimum atomic E-state index is -1.16. The van der Waals surface area contributed by atoms with E-state index in [4.69, 9.17) is 4.74 Å². The number of hydrogen-bond donors (Lipinski definition) is 0. The lowest BCUT2D eigenvalue weighted by Crippen LogP contribution is -2.48. The zero-order valence-electron chi connectivity index (χ0n) is 15.0. The Morgan fingerprint density at radius 1 is 1.11 bits per heavy atom. The van der Waals surface area contributed by atoms with Crippen molar-refractivity contribution in [3.05, 3.63) is 71.3 Å². The molecule has 0 radical (unpaired) electrons. The number of nitrogens with zero attached hydrogens (tertiary/aromatic N) is 2. The van der Waals surface area contributed by atoms with Crippen molar-refractivity contribution < 1.29 is 23.1 Å². The molecule has 0 unspecified atom stereocenters. The van der Waals surface area contributed by atoms with Crippen LogP contribution in [0.25, 0.3) is 0 Å². The Kier molecular flexibility index (Phi) is 3.77. The molecule has 3 aliphatic rings. The van der Waals surface area contributed by atoms with E-state index in [-0.39, 0.29) is 24.0 Å². The van der Waals surface area contributed by atoms with Crippen molar-refractivity contribution in [1.82, 2.24) is 9.80 Å². The van der Waals surface area contributed by atoms with Gasteiger partial charge in [0, 0.05) is 13.0 Å². The molecule has 2 aromatic carbocycles. The maximum absolute atomic E-state index is 14.1. The Morgan fingerprint density at radius 3 is 2.68 bits per heavy atom. The molecule has 0 saturated carbocycles. The molecule has 2 aromatic rings. The van der Waals surface area contributed by atoms with Gasteiger partial charge in [-0.05, 0) is 17.7 Å². The summed E-state index contributed by atoms with van der Waals surface area (Å²) in [4.78, 5) is 28.8. The third-order valence-corrected chi connectivity index (χ3v) is 6.04. The molecule has 5 nitrogen and oxygen atoms in total. The number of ether oxygens (including phenoxy) is 1. The summed E-state index contributed by atoms with van der Waals surface area (Å²) >= 11 is 0. The van der Waals surface area contributed by atoms with Gasteiger partial charge >= 0.3 is 0 Å². The van der Waals surface area contributed by atoms with Crippen molar-refractivity contribution in [3.63, 3.8) is 0 Å².